The van der Waals surface area contributed by atoms with Gasteiger partial charge in [-0.2, -0.15) is 0 Å². The van der Waals surface area contributed by atoms with Crippen LogP contribution < -0.4 is 21.7 Å². The predicted molar refractivity (Wildman–Crippen MR) is 99.2 cm³/mol. The molecule has 8 heteroatoms. The molecule has 0 unspecified atom stereocenters. The molecule has 0 atom stereocenters. The summed E-state index contributed by atoms with van der Waals surface area (Å²) in [6.07, 6.45) is 2.87. The molecule has 0 radical (unpaired) electrons. The van der Waals surface area contributed by atoms with Crippen LogP contribution in [-0.4, -0.2) is 36.4 Å². The minimum Gasteiger partial charge on any atom is -0.370 e. The maximum atomic E-state index is 12.5. The van der Waals surface area contributed by atoms with Crippen LogP contribution in [0.4, 0.5) is 11.4 Å². The maximum absolute atomic E-state index is 12.5. The van der Waals surface area contributed by atoms with E-state index < -0.39 is 5.91 Å². The number of nitrogens with two attached hydrogens (primary N) is 2. The summed E-state index contributed by atoms with van der Waals surface area (Å²) in [4.78, 5) is 30.5. The van der Waals surface area contributed by atoms with Gasteiger partial charge in [-0.3, -0.25) is 9.59 Å². The van der Waals surface area contributed by atoms with E-state index >= 15 is 0 Å². The van der Waals surface area contributed by atoms with Crippen LogP contribution in [0.5, 0.6) is 0 Å². The lowest BCUT2D eigenvalue weighted by Crippen LogP contribution is -2.22. The molecule has 0 spiro atoms. The van der Waals surface area contributed by atoms with Crippen molar-refractivity contribution in [1.29, 1.82) is 0 Å². The van der Waals surface area contributed by atoms with Crippen LogP contribution in [0, 0.1) is 0 Å². The largest absolute Gasteiger partial charge is 0.370 e. The fraction of sp³-hybridized carbons (Fsp3) is 0.353. The van der Waals surface area contributed by atoms with Gasteiger partial charge in [0.15, 0.2) is 0 Å². The number of hydrogen-bond acceptors (Lipinski definition) is 6. The first-order chi connectivity index (χ1) is 12.1. The number of nitrogens with one attached hydrogen (secondary N) is 1. The molecule has 5 N–H and O–H groups in total. The van der Waals surface area contributed by atoms with E-state index in [2.05, 4.69) is 15.2 Å². The van der Waals surface area contributed by atoms with Gasteiger partial charge in [0.2, 0.25) is 5.91 Å². The molecule has 1 aliphatic rings. The normalized spacial score (nSPS) is 13.9. The monoisotopic (exact) mass is 359 g/mol. The van der Waals surface area contributed by atoms with E-state index in [0.29, 0.717) is 29.9 Å². The van der Waals surface area contributed by atoms with Crippen LogP contribution >= 0.6 is 11.3 Å². The van der Waals surface area contributed by atoms with Crippen molar-refractivity contribution in [1.82, 2.24) is 4.98 Å². The Labute approximate surface area is 150 Å². The van der Waals surface area contributed by atoms with E-state index in [-0.39, 0.29) is 5.91 Å². The highest BCUT2D eigenvalue weighted by Gasteiger charge is 2.19. The Morgan fingerprint density at radius 1 is 1.28 bits per heavy atom. The number of primary amides is 1. The third-order valence-electron chi connectivity index (χ3n) is 4.12. The van der Waals surface area contributed by atoms with Crippen LogP contribution in [-0.2, 0) is 6.42 Å². The molecule has 7 nitrogen and oxygen atoms in total. The van der Waals surface area contributed by atoms with E-state index in [0.717, 1.165) is 36.6 Å². The van der Waals surface area contributed by atoms with Gasteiger partial charge in [0.05, 0.1) is 16.4 Å². The summed E-state index contributed by atoms with van der Waals surface area (Å²) in [5.41, 5.74) is 13.1. The number of nitrogens with zero attached hydrogens (tertiary/aromatic N) is 2. The third-order valence-corrected chi connectivity index (χ3v) is 5.03. The van der Waals surface area contributed by atoms with E-state index in [1.54, 1.807) is 17.5 Å². The molecule has 2 amide bonds. The van der Waals surface area contributed by atoms with Crippen molar-refractivity contribution in [3.05, 3.63) is 39.8 Å². The van der Waals surface area contributed by atoms with Gasteiger partial charge in [-0.1, -0.05) is 0 Å². The Balaban J connectivity index is 1.86. The summed E-state index contributed by atoms with van der Waals surface area (Å²) in [7, 11) is 0. The van der Waals surface area contributed by atoms with Gasteiger partial charge in [0.25, 0.3) is 5.91 Å². The number of amides is 2. The van der Waals surface area contributed by atoms with Crippen molar-refractivity contribution >= 4 is 34.5 Å². The number of hydrogen-bond donors (Lipinski definition) is 3. The molecule has 1 aliphatic heterocycles. The Morgan fingerprint density at radius 2 is 2.04 bits per heavy atom. The Bertz CT molecular complexity index is 783. The Kier molecular flexibility index (Phi) is 5.30. The summed E-state index contributed by atoms with van der Waals surface area (Å²) < 4.78 is 0. The minimum absolute atomic E-state index is 0.304. The van der Waals surface area contributed by atoms with Gasteiger partial charge in [-0.15, -0.1) is 11.3 Å². The van der Waals surface area contributed by atoms with Crippen molar-refractivity contribution in [2.45, 2.75) is 19.3 Å². The first-order valence-electron chi connectivity index (χ1n) is 8.23. The van der Waals surface area contributed by atoms with Gasteiger partial charge >= 0.3 is 0 Å². The molecule has 1 fully saturated rings. The van der Waals surface area contributed by atoms with Crippen LogP contribution in [0.25, 0.3) is 0 Å². The highest BCUT2D eigenvalue weighted by atomic mass is 32.1. The van der Waals surface area contributed by atoms with Gasteiger partial charge < -0.3 is 21.7 Å². The lowest BCUT2D eigenvalue weighted by molar-refractivity contribution is 0.0995. The molecular weight excluding hydrogens is 338 g/mol. The third kappa shape index (κ3) is 3.97. The second kappa shape index (κ2) is 7.62. The second-order valence-corrected chi connectivity index (χ2v) is 6.85. The van der Waals surface area contributed by atoms with Gasteiger partial charge in [-0.05, 0) is 37.6 Å². The quantitative estimate of drug-likeness (QED) is 0.725. The number of benzene rings is 1. The average Bonchev–Trinajstić information content (AvgIpc) is 3.26. The molecule has 3 rings (SSSR count). The standard InChI is InChI=1S/C17H21N5O2S/c18-6-5-15-20-13(10-25-15)17(24)21-12-9-11(16(19)23)3-4-14(12)22-7-1-2-8-22/h3-4,9-10H,1-2,5-8,18H2,(H2,19,23)(H,21,24). The molecule has 0 aliphatic carbocycles. The van der Waals surface area contributed by atoms with Crippen molar-refractivity contribution in [2.75, 3.05) is 29.9 Å². The first kappa shape index (κ1) is 17.4. The molecule has 2 heterocycles. The summed E-state index contributed by atoms with van der Waals surface area (Å²) in [5, 5.41) is 5.43. The zero-order chi connectivity index (χ0) is 17.8. The zero-order valence-corrected chi connectivity index (χ0v) is 14.6. The number of carbonyl (C=O) groups excluding carboxylic acids is 2. The maximum Gasteiger partial charge on any atom is 0.275 e. The Hall–Kier alpha value is -2.45. The summed E-state index contributed by atoms with van der Waals surface area (Å²) in [5.74, 6) is -0.830. The molecule has 132 valence electrons. The van der Waals surface area contributed by atoms with Crippen LogP contribution in [0.3, 0.4) is 0 Å². The molecule has 0 bridgehead atoms. The molecule has 2 aromatic rings. The predicted octanol–water partition coefficient (Wildman–Crippen LogP) is 1.60. The molecule has 0 saturated carbocycles. The molecular formula is C17H21N5O2S. The Morgan fingerprint density at radius 3 is 2.72 bits per heavy atom. The zero-order valence-electron chi connectivity index (χ0n) is 13.8. The van der Waals surface area contributed by atoms with Crippen LogP contribution in [0.2, 0.25) is 0 Å². The number of thiazole rings is 1. The van der Waals surface area contributed by atoms with Crippen molar-refractivity contribution < 1.29 is 9.59 Å². The second-order valence-electron chi connectivity index (χ2n) is 5.91. The van der Waals surface area contributed by atoms with Crippen molar-refractivity contribution in [3.8, 4) is 0 Å². The topological polar surface area (TPSA) is 114 Å². The van der Waals surface area contributed by atoms with Gasteiger partial charge in [-0.25, -0.2) is 4.98 Å². The van der Waals surface area contributed by atoms with E-state index in [4.69, 9.17) is 11.5 Å². The SMILES string of the molecule is NCCc1nc(C(=O)Nc2cc(C(N)=O)ccc2N2CCCC2)cs1. The van der Waals surface area contributed by atoms with Crippen LogP contribution in [0.15, 0.2) is 23.6 Å². The fourth-order valence-corrected chi connectivity index (χ4v) is 3.66. The number of rotatable bonds is 6. The highest BCUT2D eigenvalue weighted by molar-refractivity contribution is 7.09. The fourth-order valence-electron chi connectivity index (χ4n) is 2.86. The lowest BCUT2D eigenvalue weighted by Gasteiger charge is -2.22. The van der Waals surface area contributed by atoms with Crippen LogP contribution in [0.1, 0.15) is 38.7 Å². The molecule has 25 heavy (non-hydrogen) atoms. The van der Waals surface area contributed by atoms with E-state index in [1.807, 2.05) is 6.07 Å². The number of anilines is 2. The summed E-state index contributed by atoms with van der Waals surface area (Å²) in [6, 6.07) is 5.15. The summed E-state index contributed by atoms with van der Waals surface area (Å²) in [6.45, 7) is 2.35. The number of aromatic nitrogens is 1. The smallest absolute Gasteiger partial charge is 0.275 e. The van der Waals surface area contributed by atoms with Crippen molar-refractivity contribution in [2.24, 2.45) is 11.5 Å². The first-order valence-corrected chi connectivity index (χ1v) is 9.11. The minimum atomic E-state index is -0.526. The van der Waals surface area contributed by atoms with Crippen molar-refractivity contribution in [3.63, 3.8) is 0 Å². The van der Waals surface area contributed by atoms with E-state index in [1.165, 1.54) is 11.3 Å². The lowest BCUT2D eigenvalue weighted by atomic mass is 10.1. The summed E-state index contributed by atoms with van der Waals surface area (Å²) >= 11 is 1.41. The van der Waals surface area contributed by atoms with Gasteiger partial charge in [0, 0.05) is 30.5 Å². The number of carbonyl (C=O) groups is 2. The van der Waals surface area contributed by atoms with Gasteiger partial charge in [0.1, 0.15) is 5.69 Å². The molecule has 1 saturated heterocycles. The average molecular weight is 359 g/mol. The van der Waals surface area contributed by atoms with E-state index in [9.17, 15) is 9.59 Å². The molecule has 1 aromatic carbocycles. The molecule has 1 aromatic heterocycles. The highest BCUT2D eigenvalue weighted by Crippen LogP contribution is 2.30.